The molecule has 0 atom stereocenters. The van der Waals surface area contributed by atoms with Crippen molar-refractivity contribution in [1.29, 1.82) is 0 Å². The number of carbonyl (C=O) groups excluding carboxylic acids is 2. The number of hydrogen-bond acceptors (Lipinski definition) is 7. The Labute approximate surface area is 248 Å². The second-order valence-electron chi connectivity index (χ2n) is 10.0. The van der Waals surface area contributed by atoms with Crippen molar-refractivity contribution in [3.05, 3.63) is 81.5 Å². The topological polar surface area (TPSA) is 143 Å². The molecule has 5 rings (SSSR count). The number of benzene rings is 2. The number of primary amides is 1. The number of methoxy groups -OCH3 is 1. The number of likely N-dealkylation sites (N-methyl/N-ethyl adjacent to an activating group) is 1. The lowest BCUT2D eigenvalue weighted by Crippen LogP contribution is -2.47. The number of aryl methyl sites for hydroxylation is 1. The van der Waals surface area contributed by atoms with Crippen LogP contribution in [0.1, 0.15) is 37.4 Å². The zero-order valence-electron chi connectivity index (χ0n) is 23.5. The summed E-state index contributed by atoms with van der Waals surface area (Å²) >= 11 is 6.25. The molecule has 5 N–H and O–H groups in total. The molecule has 0 aliphatic carbocycles. The number of aromatic nitrogens is 3. The molecule has 4 aromatic rings. The zero-order chi connectivity index (χ0) is 30.0. The molecule has 2 aromatic heterocycles. The largest absolute Gasteiger partial charge is 0.495 e. The van der Waals surface area contributed by atoms with Gasteiger partial charge in [-0.3, -0.25) is 9.59 Å². The Hall–Kier alpha value is -4.85. The first-order chi connectivity index (χ1) is 20.1. The summed E-state index contributed by atoms with van der Waals surface area (Å²) in [5.74, 6) is 6.05. The summed E-state index contributed by atoms with van der Waals surface area (Å²) in [6, 6.07) is 12.2. The molecule has 1 aliphatic rings. The predicted octanol–water partition coefficient (Wildman–Crippen LogP) is 3.58. The number of anilines is 1. The molecule has 3 heterocycles. The van der Waals surface area contributed by atoms with Crippen molar-refractivity contribution < 1.29 is 14.3 Å². The van der Waals surface area contributed by atoms with E-state index in [0.29, 0.717) is 57.6 Å². The molecule has 0 spiro atoms. The molecule has 1 saturated heterocycles. The molecule has 1 aliphatic heterocycles. The van der Waals surface area contributed by atoms with Gasteiger partial charge in [-0.2, -0.15) is 0 Å². The van der Waals surface area contributed by atoms with Crippen LogP contribution in [-0.4, -0.2) is 76.9 Å². The number of carbonyl (C=O) groups is 2. The van der Waals surface area contributed by atoms with Crippen LogP contribution in [0.25, 0.3) is 22.6 Å². The van der Waals surface area contributed by atoms with E-state index in [-0.39, 0.29) is 17.4 Å². The molecule has 10 nitrogen and oxygen atoms in total. The second-order valence-corrected chi connectivity index (χ2v) is 10.5. The minimum Gasteiger partial charge on any atom is -0.495 e. The molecule has 2 amide bonds. The number of nitrogens with zero attached hydrogens (tertiary/aromatic N) is 4. The summed E-state index contributed by atoms with van der Waals surface area (Å²) in [7, 11) is 3.58. The average molecular weight is 584 g/mol. The van der Waals surface area contributed by atoms with Gasteiger partial charge in [-0.25, -0.2) is 9.97 Å². The van der Waals surface area contributed by atoms with E-state index >= 15 is 0 Å². The molecule has 42 heavy (non-hydrogen) atoms. The van der Waals surface area contributed by atoms with Gasteiger partial charge in [0.05, 0.1) is 35.2 Å². The van der Waals surface area contributed by atoms with Crippen LogP contribution >= 0.6 is 11.6 Å². The molecule has 2 aromatic carbocycles. The summed E-state index contributed by atoms with van der Waals surface area (Å²) in [4.78, 5) is 41.3. The monoisotopic (exact) mass is 583 g/mol. The maximum Gasteiger partial charge on any atom is 0.254 e. The van der Waals surface area contributed by atoms with Crippen molar-refractivity contribution in [2.75, 3.05) is 46.1 Å². The second kappa shape index (κ2) is 11.9. The SMILES string of the molecule is COc1cc(C(=O)N2CCN(C)CC2)ccc1C#Cc1cnc(N)nc1-c1cc(C(N)=O)c(-c2cc(Cl)ccc2C)[nH]1. The van der Waals surface area contributed by atoms with Crippen LogP contribution < -0.4 is 16.2 Å². The minimum atomic E-state index is -0.613. The van der Waals surface area contributed by atoms with Crippen LogP contribution in [0, 0.1) is 18.8 Å². The maximum absolute atomic E-state index is 13.1. The van der Waals surface area contributed by atoms with Crippen LogP contribution in [0.2, 0.25) is 5.02 Å². The normalized spacial score (nSPS) is 13.4. The fraction of sp³-hybridized carbons (Fsp3) is 0.226. The van der Waals surface area contributed by atoms with Gasteiger partial charge in [0, 0.05) is 48.5 Å². The highest BCUT2D eigenvalue weighted by atomic mass is 35.5. The van der Waals surface area contributed by atoms with Crippen LogP contribution in [-0.2, 0) is 0 Å². The Balaban J connectivity index is 1.51. The Morgan fingerprint density at radius 3 is 2.50 bits per heavy atom. The number of nitrogens with two attached hydrogens (primary N) is 2. The summed E-state index contributed by atoms with van der Waals surface area (Å²) < 4.78 is 5.58. The number of hydrogen-bond donors (Lipinski definition) is 3. The quantitative estimate of drug-likeness (QED) is 0.305. The fourth-order valence-electron chi connectivity index (χ4n) is 4.80. The summed E-state index contributed by atoms with van der Waals surface area (Å²) in [5, 5.41) is 0.519. The van der Waals surface area contributed by atoms with Gasteiger partial charge >= 0.3 is 0 Å². The number of ether oxygens (including phenoxy) is 1. The van der Waals surface area contributed by atoms with E-state index in [0.717, 1.165) is 24.2 Å². The van der Waals surface area contributed by atoms with Crippen LogP contribution in [0.5, 0.6) is 5.75 Å². The number of nitrogen functional groups attached to an aromatic ring is 1. The minimum absolute atomic E-state index is 0.0376. The molecule has 0 bridgehead atoms. The number of amides is 2. The fourth-order valence-corrected chi connectivity index (χ4v) is 4.97. The number of piperazine rings is 1. The van der Waals surface area contributed by atoms with Crippen LogP contribution in [0.3, 0.4) is 0 Å². The lowest BCUT2D eigenvalue weighted by Gasteiger charge is -2.32. The van der Waals surface area contributed by atoms with Gasteiger partial charge in [0.25, 0.3) is 11.8 Å². The van der Waals surface area contributed by atoms with Gasteiger partial charge in [-0.05, 0) is 55.9 Å². The van der Waals surface area contributed by atoms with Crippen LogP contribution in [0.4, 0.5) is 5.95 Å². The molecule has 11 heteroatoms. The van der Waals surface area contributed by atoms with Crippen molar-refractivity contribution in [2.24, 2.45) is 5.73 Å². The van der Waals surface area contributed by atoms with Crippen LogP contribution in [0.15, 0.2) is 48.7 Å². The number of halogens is 1. The Kier molecular flexibility index (Phi) is 8.15. The van der Waals surface area contributed by atoms with E-state index < -0.39 is 5.91 Å². The van der Waals surface area contributed by atoms with E-state index in [1.807, 2.05) is 24.9 Å². The van der Waals surface area contributed by atoms with Crippen molar-refractivity contribution in [1.82, 2.24) is 24.8 Å². The lowest BCUT2D eigenvalue weighted by molar-refractivity contribution is 0.0663. The van der Waals surface area contributed by atoms with Gasteiger partial charge in [0.15, 0.2) is 0 Å². The molecule has 0 radical (unpaired) electrons. The molecular formula is C31H30ClN7O3. The van der Waals surface area contributed by atoms with Crippen molar-refractivity contribution in [3.63, 3.8) is 0 Å². The Morgan fingerprint density at radius 1 is 1.05 bits per heavy atom. The van der Waals surface area contributed by atoms with E-state index in [1.165, 1.54) is 13.3 Å². The Bertz CT molecular complexity index is 1750. The highest BCUT2D eigenvalue weighted by Gasteiger charge is 2.22. The first kappa shape index (κ1) is 28.7. The van der Waals surface area contributed by atoms with Gasteiger partial charge < -0.3 is 31.0 Å². The molecule has 1 fully saturated rings. The van der Waals surface area contributed by atoms with E-state index in [1.54, 1.807) is 36.4 Å². The van der Waals surface area contributed by atoms with Gasteiger partial charge in [0.2, 0.25) is 5.95 Å². The third-order valence-electron chi connectivity index (χ3n) is 7.19. The van der Waals surface area contributed by atoms with Gasteiger partial charge in [0.1, 0.15) is 11.4 Å². The first-order valence-electron chi connectivity index (χ1n) is 13.2. The molecule has 0 unspecified atom stereocenters. The van der Waals surface area contributed by atoms with E-state index in [9.17, 15) is 9.59 Å². The summed E-state index contributed by atoms with van der Waals surface area (Å²) in [5.41, 5.74) is 16.5. The van der Waals surface area contributed by atoms with Gasteiger partial charge in [-0.15, -0.1) is 0 Å². The molecule has 214 valence electrons. The highest BCUT2D eigenvalue weighted by Crippen LogP contribution is 2.33. The number of nitrogens with one attached hydrogen (secondary N) is 1. The van der Waals surface area contributed by atoms with Crippen molar-refractivity contribution >= 4 is 29.4 Å². The van der Waals surface area contributed by atoms with E-state index in [2.05, 4.69) is 31.7 Å². The zero-order valence-corrected chi connectivity index (χ0v) is 24.2. The number of H-pyrrole nitrogens is 1. The molecule has 0 saturated carbocycles. The number of rotatable bonds is 5. The standard InChI is InChI=1S/C31H30ClN7O3/c1-18-4-9-22(32)15-23(18)28-24(29(33)40)16-25(36-28)27-21(17-35-31(34)37-27)8-6-19-5-7-20(14-26(19)42-3)30(41)39-12-10-38(2)11-13-39/h4-5,7,9,14-17,36H,10-13H2,1-3H3,(H2,33,40)(H2,34,35,37). The van der Waals surface area contributed by atoms with Crippen molar-refractivity contribution in [3.8, 4) is 40.2 Å². The number of aromatic amines is 1. The predicted molar refractivity (Wildman–Crippen MR) is 162 cm³/mol. The third kappa shape index (κ3) is 5.93. The lowest BCUT2D eigenvalue weighted by atomic mass is 10.0. The van der Waals surface area contributed by atoms with Gasteiger partial charge in [-0.1, -0.05) is 29.5 Å². The summed E-state index contributed by atoms with van der Waals surface area (Å²) in [6.07, 6.45) is 1.51. The van der Waals surface area contributed by atoms with E-state index in [4.69, 9.17) is 27.8 Å². The maximum atomic E-state index is 13.1. The third-order valence-corrected chi connectivity index (χ3v) is 7.42. The van der Waals surface area contributed by atoms with Crippen molar-refractivity contribution in [2.45, 2.75) is 6.92 Å². The first-order valence-corrected chi connectivity index (χ1v) is 13.6. The average Bonchev–Trinajstić information content (AvgIpc) is 3.43. The molecular weight excluding hydrogens is 554 g/mol. The smallest absolute Gasteiger partial charge is 0.254 e. The highest BCUT2D eigenvalue weighted by molar-refractivity contribution is 6.31. The Morgan fingerprint density at radius 2 is 1.79 bits per heavy atom. The summed E-state index contributed by atoms with van der Waals surface area (Å²) in [6.45, 7) is 4.93.